The van der Waals surface area contributed by atoms with Crippen LogP contribution in [0.4, 0.5) is 8.78 Å². The highest BCUT2D eigenvalue weighted by Gasteiger charge is 2.35. The first-order chi connectivity index (χ1) is 9.82. The summed E-state index contributed by atoms with van der Waals surface area (Å²) in [5, 5.41) is 8.91. The highest BCUT2D eigenvalue weighted by atomic mass is 32.2. The molecule has 1 aliphatic rings. The van der Waals surface area contributed by atoms with Crippen LogP contribution >= 0.6 is 0 Å². The summed E-state index contributed by atoms with van der Waals surface area (Å²) >= 11 is 0. The number of carboxylic acid groups (broad SMARTS) is 1. The molecule has 0 saturated heterocycles. The second kappa shape index (κ2) is 6.07. The summed E-state index contributed by atoms with van der Waals surface area (Å²) in [6.45, 7) is -0.688. The van der Waals surface area contributed by atoms with Crippen molar-refractivity contribution in [1.82, 2.24) is 4.31 Å². The molecule has 1 N–H and O–H groups in total. The Morgan fingerprint density at radius 3 is 2.38 bits per heavy atom. The molecule has 0 bridgehead atoms. The van der Waals surface area contributed by atoms with Gasteiger partial charge in [-0.3, -0.25) is 4.79 Å². The number of carboxylic acids is 1. The van der Waals surface area contributed by atoms with Crippen molar-refractivity contribution in [3.05, 3.63) is 29.8 Å². The molecule has 0 heterocycles. The summed E-state index contributed by atoms with van der Waals surface area (Å²) in [6.07, 6.45) is 2.76. The molecule has 0 radical (unpaired) electrons. The number of hydrogen-bond acceptors (Lipinski definition) is 3. The molecule has 1 aromatic carbocycles. The minimum absolute atomic E-state index is 0.417. The fraction of sp³-hybridized carbons (Fsp3) is 0.462. The number of nitrogens with zero attached hydrogens (tertiary/aromatic N) is 1. The number of hydrogen-bond donors (Lipinski definition) is 1. The maximum Gasteiger partial charge on any atom is 0.318 e. The third-order valence-corrected chi connectivity index (χ3v) is 5.42. The summed E-state index contributed by atoms with van der Waals surface area (Å²) in [4.78, 5) is 10.5. The first-order valence-corrected chi connectivity index (χ1v) is 7.95. The SMILES string of the molecule is O=C(O)CN(C1CCCC1)S(=O)(=O)c1ccc(F)c(F)c1. The minimum atomic E-state index is -4.17. The lowest BCUT2D eigenvalue weighted by Crippen LogP contribution is -2.42. The second-order valence-electron chi connectivity index (χ2n) is 4.96. The topological polar surface area (TPSA) is 74.7 Å². The number of rotatable bonds is 5. The van der Waals surface area contributed by atoms with Crippen molar-refractivity contribution in [2.45, 2.75) is 36.6 Å². The third-order valence-electron chi connectivity index (χ3n) is 3.52. The first-order valence-electron chi connectivity index (χ1n) is 6.51. The number of sulfonamides is 1. The van der Waals surface area contributed by atoms with Crippen LogP contribution in [0.5, 0.6) is 0 Å². The van der Waals surface area contributed by atoms with Crippen molar-refractivity contribution in [3.8, 4) is 0 Å². The minimum Gasteiger partial charge on any atom is -0.480 e. The predicted molar refractivity (Wildman–Crippen MR) is 70.1 cm³/mol. The fourth-order valence-electron chi connectivity index (χ4n) is 2.51. The van der Waals surface area contributed by atoms with Gasteiger partial charge in [0, 0.05) is 6.04 Å². The van der Waals surface area contributed by atoms with Crippen LogP contribution in [0.2, 0.25) is 0 Å². The van der Waals surface area contributed by atoms with Gasteiger partial charge >= 0.3 is 5.97 Å². The van der Waals surface area contributed by atoms with E-state index in [9.17, 15) is 22.0 Å². The molecule has 5 nitrogen and oxygen atoms in total. The van der Waals surface area contributed by atoms with Crippen molar-refractivity contribution in [2.75, 3.05) is 6.54 Å². The van der Waals surface area contributed by atoms with Crippen LogP contribution in [-0.4, -0.2) is 36.4 Å². The normalized spacial score (nSPS) is 16.5. The van der Waals surface area contributed by atoms with E-state index in [2.05, 4.69) is 0 Å². The van der Waals surface area contributed by atoms with Crippen LogP contribution in [0.3, 0.4) is 0 Å². The summed E-state index contributed by atoms with van der Waals surface area (Å²) in [6, 6.07) is 1.82. The number of halogens is 2. The summed E-state index contributed by atoms with van der Waals surface area (Å²) in [5.41, 5.74) is 0. The Labute approximate surface area is 121 Å². The molecule has 0 aromatic heterocycles. The molecule has 116 valence electrons. The molecular formula is C13H15F2NO4S. The quantitative estimate of drug-likeness (QED) is 0.900. The van der Waals surface area contributed by atoms with Gasteiger partial charge in [-0.2, -0.15) is 4.31 Å². The molecule has 1 fully saturated rings. The Morgan fingerprint density at radius 1 is 1.24 bits per heavy atom. The molecule has 1 aromatic rings. The van der Waals surface area contributed by atoms with Gasteiger partial charge in [-0.25, -0.2) is 17.2 Å². The third kappa shape index (κ3) is 3.38. The van der Waals surface area contributed by atoms with Crippen molar-refractivity contribution in [3.63, 3.8) is 0 Å². The van der Waals surface area contributed by atoms with E-state index in [1.165, 1.54) is 0 Å². The zero-order valence-electron chi connectivity index (χ0n) is 11.1. The fourth-order valence-corrected chi connectivity index (χ4v) is 4.16. The van der Waals surface area contributed by atoms with Crippen LogP contribution in [0.1, 0.15) is 25.7 Å². The Hall–Kier alpha value is -1.54. The molecule has 0 unspecified atom stereocenters. The van der Waals surface area contributed by atoms with E-state index in [1.54, 1.807) is 0 Å². The molecule has 0 atom stereocenters. The van der Waals surface area contributed by atoms with E-state index in [-0.39, 0.29) is 0 Å². The van der Waals surface area contributed by atoms with E-state index in [0.29, 0.717) is 18.9 Å². The summed E-state index contributed by atoms with van der Waals surface area (Å²) < 4.78 is 52.0. The number of benzene rings is 1. The van der Waals surface area contributed by atoms with Gasteiger partial charge in [0.15, 0.2) is 11.6 Å². The van der Waals surface area contributed by atoms with Gasteiger partial charge in [0.1, 0.15) is 6.54 Å². The Morgan fingerprint density at radius 2 is 1.86 bits per heavy atom. The van der Waals surface area contributed by atoms with E-state index in [4.69, 9.17) is 5.11 Å². The van der Waals surface area contributed by atoms with Crippen LogP contribution in [-0.2, 0) is 14.8 Å². The zero-order valence-corrected chi connectivity index (χ0v) is 11.9. The highest BCUT2D eigenvalue weighted by Crippen LogP contribution is 2.29. The average Bonchev–Trinajstić information content (AvgIpc) is 2.92. The van der Waals surface area contributed by atoms with Gasteiger partial charge in [-0.15, -0.1) is 0 Å². The lowest BCUT2D eigenvalue weighted by atomic mass is 10.2. The van der Waals surface area contributed by atoms with Crippen LogP contribution < -0.4 is 0 Å². The van der Waals surface area contributed by atoms with E-state index < -0.39 is 45.1 Å². The standard InChI is InChI=1S/C13H15F2NO4S/c14-11-6-5-10(7-12(11)15)21(19,20)16(8-13(17)18)9-3-1-2-4-9/h5-7,9H,1-4,8H2,(H,17,18). The largest absolute Gasteiger partial charge is 0.480 e. The van der Waals surface area contributed by atoms with Gasteiger partial charge in [0.2, 0.25) is 10.0 Å². The first kappa shape index (κ1) is 15.8. The van der Waals surface area contributed by atoms with Gasteiger partial charge in [-0.1, -0.05) is 12.8 Å². The number of aliphatic carboxylic acids is 1. The maximum atomic E-state index is 13.2. The van der Waals surface area contributed by atoms with Crippen molar-refractivity contribution >= 4 is 16.0 Å². The molecule has 0 spiro atoms. The molecule has 21 heavy (non-hydrogen) atoms. The second-order valence-corrected chi connectivity index (χ2v) is 6.85. The monoisotopic (exact) mass is 319 g/mol. The number of carbonyl (C=O) groups is 1. The maximum absolute atomic E-state index is 13.2. The summed E-state index contributed by atoms with van der Waals surface area (Å²) in [5.74, 6) is -3.72. The summed E-state index contributed by atoms with van der Waals surface area (Å²) in [7, 11) is -4.17. The Bertz CT molecular complexity index is 642. The Kier molecular flexibility index (Phi) is 4.58. The average molecular weight is 319 g/mol. The highest BCUT2D eigenvalue weighted by molar-refractivity contribution is 7.89. The molecule has 0 aliphatic heterocycles. The van der Waals surface area contributed by atoms with E-state index >= 15 is 0 Å². The van der Waals surface area contributed by atoms with Crippen LogP contribution in [0.15, 0.2) is 23.1 Å². The molecule has 2 rings (SSSR count). The van der Waals surface area contributed by atoms with Gasteiger partial charge in [0.05, 0.1) is 4.90 Å². The van der Waals surface area contributed by atoms with Crippen molar-refractivity contribution in [2.24, 2.45) is 0 Å². The van der Waals surface area contributed by atoms with E-state index in [0.717, 1.165) is 29.3 Å². The van der Waals surface area contributed by atoms with E-state index in [1.807, 2.05) is 0 Å². The van der Waals surface area contributed by atoms with Crippen molar-refractivity contribution in [1.29, 1.82) is 0 Å². The van der Waals surface area contributed by atoms with Crippen LogP contribution in [0, 0.1) is 11.6 Å². The molecular weight excluding hydrogens is 304 g/mol. The molecule has 8 heteroatoms. The predicted octanol–water partition coefficient (Wildman–Crippen LogP) is 1.98. The van der Waals surface area contributed by atoms with Crippen molar-refractivity contribution < 1.29 is 27.1 Å². The molecule has 1 saturated carbocycles. The van der Waals surface area contributed by atoms with Gasteiger partial charge < -0.3 is 5.11 Å². The van der Waals surface area contributed by atoms with Gasteiger partial charge in [0.25, 0.3) is 0 Å². The van der Waals surface area contributed by atoms with Gasteiger partial charge in [-0.05, 0) is 31.0 Å². The molecule has 1 aliphatic carbocycles. The lowest BCUT2D eigenvalue weighted by Gasteiger charge is -2.26. The molecule has 0 amide bonds. The zero-order chi connectivity index (χ0) is 15.6. The lowest BCUT2D eigenvalue weighted by molar-refractivity contribution is -0.137. The Balaban J connectivity index is 2.40. The van der Waals surface area contributed by atoms with Crippen LogP contribution in [0.25, 0.3) is 0 Å². The smallest absolute Gasteiger partial charge is 0.318 e.